The molecule has 0 aliphatic carbocycles. The van der Waals surface area contributed by atoms with Gasteiger partial charge in [0.25, 0.3) is 5.91 Å². The Bertz CT molecular complexity index is 1030. The van der Waals surface area contributed by atoms with Gasteiger partial charge < -0.3 is 9.47 Å². The molecule has 0 bridgehead atoms. The fourth-order valence-corrected chi connectivity index (χ4v) is 2.68. The van der Waals surface area contributed by atoms with E-state index in [4.69, 9.17) is 9.47 Å². The fraction of sp³-hybridized carbons (Fsp3) is 0.0870. The van der Waals surface area contributed by atoms with Crippen molar-refractivity contribution >= 4 is 18.1 Å². The first-order chi connectivity index (χ1) is 14.1. The molecule has 6 heteroatoms. The number of ether oxygens (including phenoxy) is 2. The van der Waals surface area contributed by atoms with Gasteiger partial charge in [-0.05, 0) is 47.0 Å². The van der Waals surface area contributed by atoms with Crippen LogP contribution in [0, 0.1) is 0 Å². The summed E-state index contributed by atoms with van der Waals surface area (Å²) >= 11 is 0. The molecule has 0 radical (unpaired) electrons. The van der Waals surface area contributed by atoms with Crippen LogP contribution in [-0.4, -0.2) is 25.2 Å². The van der Waals surface area contributed by atoms with Crippen molar-refractivity contribution in [3.63, 3.8) is 0 Å². The van der Waals surface area contributed by atoms with Gasteiger partial charge in [-0.25, -0.2) is 5.43 Å². The van der Waals surface area contributed by atoms with E-state index in [1.165, 1.54) is 20.2 Å². The molecule has 0 fully saturated rings. The summed E-state index contributed by atoms with van der Waals surface area (Å²) < 4.78 is 10.3. The first kappa shape index (κ1) is 19.8. The SMILES string of the molecule is COc1cc(/C=N\NC(=O)c2ccc(-c3ccccc3)cc2)ccc1OC(C)=O. The second kappa shape index (κ2) is 9.32. The molecule has 0 aromatic heterocycles. The quantitative estimate of drug-likeness (QED) is 0.299. The molecule has 0 saturated carbocycles. The van der Waals surface area contributed by atoms with Crippen LogP contribution in [0.4, 0.5) is 0 Å². The smallest absolute Gasteiger partial charge is 0.308 e. The van der Waals surface area contributed by atoms with Crippen LogP contribution in [0.25, 0.3) is 11.1 Å². The average molecular weight is 388 g/mol. The molecule has 146 valence electrons. The van der Waals surface area contributed by atoms with Crippen LogP contribution >= 0.6 is 0 Å². The van der Waals surface area contributed by atoms with E-state index in [9.17, 15) is 9.59 Å². The van der Waals surface area contributed by atoms with Gasteiger partial charge in [0.1, 0.15) is 0 Å². The van der Waals surface area contributed by atoms with Crippen molar-refractivity contribution in [2.75, 3.05) is 7.11 Å². The Balaban J connectivity index is 1.64. The summed E-state index contributed by atoms with van der Waals surface area (Å²) in [5, 5.41) is 3.98. The highest BCUT2D eigenvalue weighted by molar-refractivity contribution is 5.95. The molecule has 0 atom stereocenters. The number of benzene rings is 3. The van der Waals surface area contributed by atoms with Crippen molar-refractivity contribution in [3.05, 3.63) is 83.9 Å². The number of hydrogen-bond donors (Lipinski definition) is 1. The van der Waals surface area contributed by atoms with Gasteiger partial charge in [-0.2, -0.15) is 5.10 Å². The van der Waals surface area contributed by atoms with Crippen molar-refractivity contribution in [1.82, 2.24) is 5.43 Å². The lowest BCUT2D eigenvalue weighted by atomic mass is 10.0. The molecule has 6 nitrogen and oxygen atoms in total. The Morgan fingerprint density at radius 1 is 0.897 bits per heavy atom. The second-order valence-electron chi connectivity index (χ2n) is 6.15. The molecule has 0 spiro atoms. The van der Waals surface area contributed by atoms with Gasteiger partial charge >= 0.3 is 5.97 Å². The summed E-state index contributed by atoms with van der Waals surface area (Å²) in [6.45, 7) is 1.32. The van der Waals surface area contributed by atoms with Gasteiger partial charge in [-0.1, -0.05) is 42.5 Å². The minimum atomic E-state index is -0.435. The van der Waals surface area contributed by atoms with E-state index in [1.54, 1.807) is 30.3 Å². The van der Waals surface area contributed by atoms with E-state index >= 15 is 0 Å². The molecule has 1 amide bonds. The van der Waals surface area contributed by atoms with Gasteiger partial charge in [-0.3, -0.25) is 9.59 Å². The molecule has 0 unspecified atom stereocenters. The van der Waals surface area contributed by atoms with E-state index in [1.807, 2.05) is 42.5 Å². The first-order valence-electron chi connectivity index (χ1n) is 8.92. The summed E-state index contributed by atoms with van der Waals surface area (Å²) in [4.78, 5) is 23.4. The number of nitrogens with zero attached hydrogens (tertiary/aromatic N) is 1. The summed E-state index contributed by atoms with van der Waals surface area (Å²) in [7, 11) is 1.48. The highest BCUT2D eigenvalue weighted by Crippen LogP contribution is 2.27. The predicted octanol–water partition coefficient (Wildman–Crippen LogP) is 4.05. The highest BCUT2D eigenvalue weighted by Gasteiger charge is 2.08. The second-order valence-corrected chi connectivity index (χ2v) is 6.15. The van der Waals surface area contributed by atoms with E-state index in [-0.39, 0.29) is 5.91 Å². The molecular weight excluding hydrogens is 368 g/mol. The molecule has 3 aromatic rings. The van der Waals surface area contributed by atoms with Crippen molar-refractivity contribution < 1.29 is 19.1 Å². The number of hydrazone groups is 1. The minimum Gasteiger partial charge on any atom is -0.493 e. The van der Waals surface area contributed by atoms with E-state index in [0.29, 0.717) is 22.6 Å². The molecule has 29 heavy (non-hydrogen) atoms. The lowest BCUT2D eigenvalue weighted by molar-refractivity contribution is -0.132. The summed E-state index contributed by atoms with van der Waals surface area (Å²) in [5.41, 5.74) is 5.80. The number of nitrogens with one attached hydrogen (secondary N) is 1. The summed E-state index contributed by atoms with van der Waals surface area (Å²) in [5.74, 6) is -0.0358. The lowest BCUT2D eigenvalue weighted by Gasteiger charge is -2.08. The summed E-state index contributed by atoms with van der Waals surface area (Å²) in [6, 6.07) is 22.2. The zero-order chi connectivity index (χ0) is 20.6. The molecular formula is C23H20N2O4. The van der Waals surface area contributed by atoms with Gasteiger partial charge in [0.05, 0.1) is 13.3 Å². The number of esters is 1. The Morgan fingerprint density at radius 2 is 1.59 bits per heavy atom. The van der Waals surface area contributed by atoms with Crippen LogP contribution in [0.2, 0.25) is 0 Å². The van der Waals surface area contributed by atoms with Gasteiger partial charge in [0.2, 0.25) is 0 Å². The topological polar surface area (TPSA) is 77.0 Å². The number of rotatable bonds is 6. The lowest BCUT2D eigenvalue weighted by Crippen LogP contribution is -2.17. The Kier molecular flexibility index (Phi) is 6.37. The van der Waals surface area contributed by atoms with Gasteiger partial charge in [0.15, 0.2) is 11.5 Å². The number of carbonyl (C=O) groups excluding carboxylic acids is 2. The van der Waals surface area contributed by atoms with Crippen LogP contribution in [0.5, 0.6) is 11.5 Å². The molecule has 3 aromatic carbocycles. The molecule has 0 aliphatic heterocycles. The first-order valence-corrected chi connectivity index (χ1v) is 8.92. The molecule has 3 rings (SSSR count). The maximum absolute atomic E-state index is 12.3. The van der Waals surface area contributed by atoms with Crippen LogP contribution in [-0.2, 0) is 4.79 Å². The Morgan fingerprint density at radius 3 is 2.24 bits per heavy atom. The van der Waals surface area contributed by atoms with Crippen molar-refractivity contribution in [2.45, 2.75) is 6.92 Å². The van der Waals surface area contributed by atoms with Crippen LogP contribution in [0.3, 0.4) is 0 Å². The van der Waals surface area contributed by atoms with Crippen LogP contribution < -0.4 is 14.9 Å². The Hall–Kier alpha value is -3.93. The van der Waals surface area contributed by atoms with E-state index < -0.39 is 5.97 Å². The number of methoxy groups -OCH3 is 1. The monoisotopic (exact) mass is 388 g/mol. The highest BCUT2D eigenvalue weighted by atomic mass is 16.6. The zero-order valence-electron chi connectivity index (χ0n) is 16.1. The van der Waals surface area contributed by atoms with Gasteiger partial charge in [0, 0.05) is 12.5 Å². The van der Waals surface area contributed by atoms with Crippen molar-refractivity contribution in [2.24, 2.45) is 5.10 Å². The largest absolute Gasteiger partial charge is 0.493 e. The van der Waals surface area contributed by atoms with Crippen LogP contribution in [0.15, 0.2) is 77.9 Å². The fourth-order valence-electron chi connectivity index (χ4n) is 2.68. The van der Waals surface area contributed by atoms with Crippen molar-refractivity contribution in [3.8, 4) is 22.6 Å². The molecule has 0 heterocycles. The van der Waals surface area contributed by atoms with Gasteiger partial charge in [-0.15, -0.1) is 0 Å². The maximum atomic E-state index is 12.3. The van der Waals surface area contributed by atoms with Crippen LogP contribution in [0.1, 0.15) is 22.8 Å². The maximum Gasteiger partial charge on any atom is 0.308 e. The molecule has 1 N–H and O–H groups in total. The number of carbonyl (C=O) groups is 2. The molecule has 0 aliphatic rings. The van der Waals surface area contributed by atoms with E-state index in [0.717, 1.165) is 11.1 Å². The van der Waals surface area contributed by atoms with E-state index in [2.05, 4.69) is 10.5 Å². The normalized spacial score (nSPS) is 10.6. The van der Waals surface area contributed by atoms with Crippen molar-refractivity contribution in [1.29, 1.82) is 0 Å². The average Bonchev–Trinajstić information content (AvgIpc) is 2.75. The number of amides is 1. The molecule has 0 saturated heterocycles. The Labute approximate surface area is 168 Å². The zero-order valence-corrected chi connectivity index (χ0v) is 16.1. The summed E-state index contributed by atoms with van der Waals surface area (Å²) in [6.07, 6.45) is 1.48. The number of hydrogen-bond acceptors (Lipinski definition) is 5. The third-order valence-electron chi connectivity index (χ3n) is 4.08. The third-order valence-corrected chi connectivity index (χ3v) is 4.08. The standard InChI is InChI=1S/C23H20N2O4/c1-16(26)29-21-13-8-17(14-22(21)28-2)15-24-25-23(27)20-11-9-19(10-12-20)18-6-4-3-5-7-18/h3-15H,1-2H3,(H,25,27)/b24-15-. The minimum absolute atomic E-state index is 0.315. The predicted molar refractivity (Wildman–Crippen MR) is 111 cm³/mol. The third kappa shape index (κ3) is 5.29.